The second-order valence-electron chi connectivity index (χ2n) is 4.53. The number of hydrogen-bond acceptors (Lipinski definition) is 3. The van der Waals surface area contributed by atoms with E-state index in [1.54, 1.807) is 6.07 Å². The van der Waals surface area contributed by atoms with Crippen LogP contribution in [0.5, 0.6) is 0 Å². The summed E-state index contributed by atoms with van der Waals surface area (Å²) in [6.07, 6.45) is 4.86. The van der Waals surface area contributed by atoms with Crippen LogP contribution in [0, 0.1) is 0 Å². The number of amides is 1. The van der Waals surface area contributed by atoms with E-state index in [0.29, 0.717) is 12.8 Å². The van der Waals surface area contributed by atoms with Gasteiger partial charge in [-0.15, -0.1) is 0 Å². The first-order chi connectivity index (χ1) is 8.11. The number of aromatic amines is 1. The van der Waals surface area contributed by atoms with Crippen molar-refractivity contribution >= 4 is 5.91 Å². The van der Waals surface area contributed by atoms with E-state index in [4.69, 9.17) is 0 Å². The summed E-state index contributed by atoms with van der Waals surface area (Å²) >= 11 is 0. The van der Waals surface area contributed by atoms with Crippen LogP contribution in [0.3, 0.4) is 0 Å². The van der Waals surface area contributed by atoms with Gasteiger partial charge in [0.15, 0.2) is 0 Å². The number of aromatic nitrogens is 1. The van der Waals surface area contributed by atoms with Gasteiger partial charge >= 0.3 is 0 Å². The fourth-order valence-corrected chi connectivity index (χ4v) is 2.15. The molecule has 1 aliphatic carbocycles. The van der Waals surface area contributed by atoms with Crippen molar-refractivity contribution in [1.82, 2.24) is 10.3 Å². The molecule has 3 N–H and O–H groups in total. The highest BCUT2D eigenvalue weighted by Crippen LogP contribution is 2.28. The van der Waals surface area contributed by atoms with E-state index in [9.17, 15) is 14.7 Å². The largest absolute Gasteiger partial charge is 0.388 e. The second kappa shape index (κ2) is 4.71. The van der Waals surface area contributed by atoms with Crippen molar-refractivity contribution in [1.29, 1.82) is 0 Å². The van der Waals surface area contributed by atoms with Crippen molar-refractivity contribution in [3.63, 3.8) is 0 Å². The standard InChI is InChI=1S/C12H16N2O3/c15-10-9(4-3-7-13-10)11(16)14-8-12(17)5-1-2-6-12/h3-4,7,17H,1-2,5-6,8H2,(H,13,15)(H,14,16). The van der Waals surface area contributed by atoms with Gasteiger partial charge in [-0.25, -0.2) is 0 Å². The Balaban J connectivity index is 1.98. The lowest BCUT2D eigenvalue weighted by Gasteiger charge is -2.22. The molecule has 1 aliphatic rings. The Morgan fingerprint density at radius 3 is 2.82 bits per heavy atom. The van der Waals surface area contributed by atoms with Gasteiger partial charge in [0, 0.05) is 12.7 Å². The maximum Gasteiger partial charge on any atom is 0.260 e. The topological polar surface area (TPSA) is 82.2 Å². The summed E-state index contributed by atoms with van der Waals surface area (Å²) in [5.74, 6) is -0.438. The predicted octanol–water partition coefficient (Wildman–Crippen LogP) is 0.410. The van der Waals surface area contributed by atoms with Gasteiger partial charge in [0.1, 0.15) is 5.56 Å². The summed E-state index contributed by atoms with van der Waals surface area (Å²) < 4.78 is 0. The molecule has 92 valence electrons. The number of rotatable bonds is 3. The first-order valence-corrected chi connectivity index (χ1v) is 5.79. The summed E-state index contributed by atoms with van der Waals surface area (Å²) in [4.78, 5) is 25.5. The van der Waals surface area contributed by atoms with Crippen LogP contribution < -0.4 is 10.9 Å². The van der Waals surface area contributed by atoms with Crippen molar-refractivity contribution in [2.24, 2.45) is 0 Å². The average molecular weight is 236 g/mol. The van der Waals surface area contributed by atoms with Gasteiger partial charge in [-0.05, 0) is 25.0 Å². The first kappa shape index (κ1) is 11.9. The maximum atomic E-state index is 11.7. The van der Waals surface area contributed by atoms with Gasteiger partial charge in [-0.2, -0.15) is 0 Å². The van der Waals surface area contributed by atoms with Crippen molar-refractivity contribution in [3.05, 3.63) is 34.2 Å². The summed E-state index contributed by atoms with van der Waals surface area (Å²) in [5.41, 5.74) is -1.13. The Bertz CT molecular complexity index is 461. The maximum absolute atomic E-state index is 11.7. The summed E-state index contributed by atoms with van der Waals surface area (Å²) in [6, 6.07) is 3.06. The minimum absolute atomic E-state index is 0.0779. The Kier molecular flexibility index (Phi) is 3.28. The number of pyridine rings is 1. The second-order valence-corrected chi connectivity index (χ2v) is 4.53. The fraction of sp³-hybridized carbons (Fsp3) is 0.500. The minimum atomic E-state index is -0.794. The number of carbonyl (C=O) groups is 1. The van der Waals surface area contributed by atoms with Crippen LogP contribution in [0.4, 0.5) is 0 Å². The highest BCUT2D eigenvalue weighted by molar-refractivity contribution is 5.93. The van der Waals surface area contributed by atoms with Gasteiger partial charge in [-0.3, -0.25) is 9.59 Å². The average Bonchev–Trinajstić information content (AvgIpc) is 2.74. The van der Waals surface area contributed by atoms with Crippen LogP contribution in [0.1, 0.15) is 36.0 Å². The Morgan fingerprint density at radius 1 is 1.47 bits per heavy atom. The number of carbonyl (C=O) groups excluding carboxylic acids is 1. The van der Waals surface area contributed by atoms with Gasteiger partial charge in [0.2, 0.25) is 0 Å². The predicted molar refractivity (Wildman–Crippen MR) is 62.8 cm³/mol. The molecule has 1 fully saturated rings. The molecular weight excluding hydrogens is 220 g/mol. The Morgan fingerprint density at radius 2 is 2.18 bits per heavy atom. The van der Waals surface area contributed by atoms with E-state index in [1.807, 2.05) is 0 Å². The summed E-state index contributed by atoms with van der Waals surface area (Å²) in [5, 5.41) is 12.7. The summed E-state index contributed by atoms with van der Waals surface area (Å²) in [6.45, 7) is 0.208. The molecule has 0 spiro atoms. The molecule has 2 rings (SSSR count). The number of H-pyrrole nitrogens is 1. The molecule has 5 heteroatoms. The lowest BCUT2D eigenvalue weighted by Crippen LogP contribution is -2.42. The SMILES string of the molecule is O=C(NCC1(O)CCCC1)c1ccc[nH]c1=O. The third-order valence-electron chi connectivity index (χ3n) is 3.18. The molecule has 0 aromatic carbocycles. The molecule has 1 saturated carbocycles. The van der Waals surface area contributed by atoms with Crippen LogP contribution >= 0.6 is 0 Å². The molecule has 0 bridgehead atoms. The van der Waals surface area contributed by atoms with E-state index in [1.165, 1.54) is 12.3 Å². The van der Waals surface area contributed by atoms with E-state index < -0.39 is 17.1 Å². The first-order valence-electron chi connectivity index (χ1n) is 5.79. The molecule has 1 amide bonds. The van der Waals surface area contributed by atoms with Crippen LogP contribution in [0.2, 0.25) is 0 Å². The third kappa shape index (κ3) is 2.74. The molecule has 0 saturated heterocycles. The normalized spacial score (nSPS) is 17.9. The molecule has 0 atom stereocenters. The third-order valence-corrected chi connectivity index (χ3v) is 3.18. The number of nitrogens with one attached hydrogen (secondary N) is 2. The molecule has 1 heterocycles. The van der Waals surface area contributed by atoms with E-state index in [0.717, 1.165) is 12.8 Å². The molecular formula is C12H16N2O3. The fourth-order valence-electron chi connectivity index (χ4n) is 2.15. The van der Waals surface area contributed by atoms with Gasteiger partial charge in [0.05, 0.1) is 5.60 Å². The molecule has 17 heavy (non-hydrogen) atoms. The van der Waals surface area contributed by atoms with Crippen molar-refractivity contribution in [2.45, 2.75) is 31.3 Å². The highest BCUT2D eigenvalue weighted by atomic mass is 16.3. The molecule has 1 aromatic rings. The zero-order valence-corrected chi connectivity index (χ0v) is 9.53. The quantitative estimate of drug-likeness (QED) is 0.711. The Labute approximate surface area is 98.9 Å². The zero-order valence-electron chi connectivity index (χ0n) is 9.53. The van der Waals surface area contributed by atoms with E-state index in [2.05, 4.69) is 10.3 Å². The Hall–Kier alpha value is -1.62. The van der Waals surface area contributed by atoms with Gasteiger partial charge in [-0.1, -0.05) is 12.8 Å². The van der Waals surface area contributed by atoms with E-state index in [-0.39, 0.29) is 12.1 Å². The molecule has 0 aliphatic heterocycles. The monoisotopic (exact) mass is 236 g/mol. The van der Waals surface area contributed by atoms with Crippen molar-refractivity contribution < 1.29 is 9.90 Å². The zero-order chi connectivity index (χ0) is 12.3. The summed E-state index contributed by atoms with van der Waals surface area (Å²) in [7, 11) is 0. The van der Waals surface area contributed by atoms with E-state index >= 15 is 0 Å². The smallest absolute Gasteiger partial charge is 0.260 e. The highest BCUT2D eigenvalue weighted by Gasteiger charge is 2.31. The lowest BCUT2D eigenvalue weighted by molar-refractivity contribution is 0.0449. The minimum Gasteiger partial charge on any atom is -0.388 e. The van der Waals surface area contributed by atoms with Crippen LogP contribution in [-0.4, -0.2) is 28.1 Å². The van der Waals surface area contributed by atoms with Gasteiger partial charge < -0.3 is 15.4 Å². The van der Waals surface area contributed by atoms with Crippen LogP contribution in [-0.2, 0) is 0 Å². The number of hydrogen-bond donors (Lipinski definition) is 3. The van der Waals surface area contributed by atoms with Crippen LogP contribution in [0.25, 0.3) is 0 Å². The molecule has 0 unspecified atom stereocenters. The number of aliphatic hydroxyl groups is 1. The van der Waals surface area contributed by atoms with Crippen molar-refractivity contribution in [3.8, 4) is 0 Å². The molecule has 0 radical (unpaired) electrons. The van der Waals surface area contributed by atoms with Crippen molar-refractivity contribution in [2.75, 3.05) is 6.54 Å². The van der Waals surface area contributed by atoms with Crippen LogP contribution in [0.15, 0.2) is 23.1 Å². The lowest BCUT2D eigenvalue weighted by atomic mass is 10.0. The molecule has 1 aromatic heterocycles. The molecule has 5 nitrogen and oxygen atoms in total. The van der Waals surface area contributed by atoms with Gasteiger partial charge in [0.25, 0.3) is 11.5 Å².